The Labute approximate surface area is 124 Å². The van der Waals surface area contributed by atoms with Gasteiger partial charge < -0.3 is 10.4 Å². The molecule has 0 saturated heterocycles. The monoisotopic (exact) mass is 287 g/mol. The van der Waals surface area contributed by atoms with Crippen LogP contribution in [0.3, 0.4) is 0 Å². The van der Waals surface area contributed by atoms with Crippen molar-refractivity contribution in [2.75, 3.05) is 0 Å². The first-order chi connectivity index (χ1) is 9.90. The van der Waals surface area contributed by atoms with Crippen LogP contribution < -0.4 is 5.32 Å². The van der Waals surface area contributed by atoms with Gasteiger partial charge in [0.15, 0.2) is 0 Å². The first-order valence-corrected chi connectivity index (χ1v) is 7.18. The standard InChI is InChI=1S/C17H21NO3/c1-17(2)11-13(17)15(19)18-14(16(20)21)10-6-9-12-7-4-3-5-8-12/h3-5,7-8,10,13H,6,9,11H2,1-2H3,(H,18,19)(H,20,21)/b14-10+. The number of amides is 1. The lowest BCUT2D eigenvalue weighted by molar-refractivity contribution is -0.135. The smallest absolute Gasteiger partial charge is 0.352 e. The van der Waals surface area contributed by atoms with Crippen LogP contribution in [-0.2, 0) is 16.0 Å². The molecule has 0 bridgehead atoms. The van der Waals surface area contributed by atoms with E-state index in [2.05, 4.69) is 5.32 Å². The Kier molecular flexibility index (Phi) is 4.46. The highest BCUT2D eigenvalue weighted by Crippen LogP contribution is 2.51. The molecule has 1 aromatic carbocycles. The Balaban J connectivity index is 1.91. The zero-order chi connectivity index (χ0) is 15.5. The minimum Gasteiger partial charge on any atom is -0.477 e. The van der Waals surface area contributed by atoms with Gasteiger partial charge in [0.1, 0.15) is 5.70 Å². The summed E-state index contributed by atoms with van der Waals surface area (Å²) < 4.78 is 0. The van der Waals surface area contributed by atoms with E-state index in [4.69, 9.17) is 5.11 Å². The third-order valence-corrected chi connectivity index (χ3v) is 3.94. The molecule has 4 heteroatoms. The Bertz CT molecular complexity index is 561. The zero-order valence-electron chi connectivity index (χ0n) is 12.4. The minimum absolute atomic E-state index is 0.00225. The molecule has 1 amide bonds. The van der Waals surface area contributed by atoms with Crippen molar-refractivity contribution in [3.05, 3.63) is 47.7 Å². The van der Waals surface area contributed by atoms with E-state index in [9.17, 15) is 9.59 Å². The number of carboxylic acid groups (broad SMARTS) is 1. The fourth-order valence-electron chi connectivity index (χ4n) is 2.35. The number of nitrogens with one attached hydrogen (secondary N) is 1. The predicted octanol–water partition coefficient (Wildman–Crippen LogP) is 2.75. The van der Waals surface area contributed by atoms with Crippen molar-refractivity contribution < 1.29 is 14.7 Å². The fourth-order valence-corrected chi connectivity index (χ4v) is 2.35. The van der Waals surface area contributed by atoms with Crippen molar-refractivity contribution in [1.29, 1.82) is 0 Å². The number of aryl methyl sites for hydroxylation is 1. The van der Waals surface area contributed by atoms with Crippen molar-refractivity contribution >= 4 is 11.9 Å². The molecule has 1 fully saturated rings. The zero-order valence-corrected chi connectivity index (χ0v) is 12.4. The predicted molar refractivity (Wildman–Crippen MR) is 80.5 cm³/mol. The number of hydrogen-bond acceptors (Lipinski definition) is 2. The molecule has 1 aromatic rings. The van der Waals surface area contributed by atoms with Gasteiger partial charge in [-0.1, -0.05) is 50.3 Å². The van der Waals surface area contributed by atoms with E-state index in [0.717, 1.165) is 18.4 Å². The van der Waals surface area contributed by atoms with E-state index < -0.39 is 5.97 Å². The summed E-state index contributed by atoms with van der Waals surface area (Å²) >= 11 is 0. The summed E-state index contributed by atoms with van der Waals surface area (Å²) in [5, 5.41) is 11.7. The molecule has 4 nitrogen and oxygen atoms in total. The van der Waals surface area contributed by atoms with E-state index in [1.54, 1.807) is 6.08 Å². The lowest BCUT2D eigenvalue weighted by Crippen LogP contribution is -2.29. The van der Waals surface area contributed by atoms with Gasteiger partial charge in [-0.25, -0.2) is 4.79 Å². The summed E-state index contributed by atoms with van der Waals surface area (Å²) in [6, 6.07) is 9.85. The molecule has 0 radical (unpaired) electrons. The molecule has 0 heterocycles. The quantitative estimate of drug-likeness (QED) is 0.791. The van der Waals surface area contributed by atoms with E-state index >= 15 is 0 Å². The van der Waals surface area contributed by atoms with E-state index in [1.165, 1.54) is 0 Å². The van der Waals surface area contributed by atoms with E-state index in [1.807, 2.05) is 44.2 Å². The maximum Gasteiger partial charge on any atom is 0.352 e. The number of hydrogen-bond donors (Lipinski definition) is 2. The summed E-state index contributed by atoms with van der Waals surface area (Å²) in [6.45, 7) is 4.02. The first-order valence-electron chi connectivity index (χ1n) is 7.18. The summed E-state index contributed by atoms with van der Waals surface area (Å²) in [5.74, 6) is -1.35. The average molecular weight is 287 g/mol. The van der Waals surface area contributed by atoms with Gasteiger partial charge in [-0.2, -0.15) is 0 Å². The van der Waals surface area contributed by atoms with Crippen LogP contribution in [0.5, 0.6) is 0 Å². The van der Waals surface area contributed by atoms with Crippen molar-refractivity contribution in [2.24, 2.45) is 11.3 Å². The SMILES string of the molecule is CC1(C)CC1C(=O)N/C(=C/CCc1ccccc1)C(=O)O. The number of aliphatic carboxylic acids is 1. The molecule has 2 rings (SSSR count). The van der Waals surface area contributed by atoms with Crippen LogP contribution in [0.4, 0.5) is 0 Å². The molecule has 1 unspecified atom stereocenters. The normalized spacial score (nSPS) is 19.9. The number of benzene rings is 1. The highest BCUT2D eigenvalue weighted by atomic mass is 16.4. The van der Waals surface area contributed by atoms with Crippen molar-refractivity contribution in [3.8, 4) is 0 Å². The molecule has 1 atom stereocenters. The summed E-state index contributed by atoms with van der Waals surface area (Å²) in [7, 11) is 0. The van der Waals surface area contributed by atoms with Crippen molar-refractivity contribution in [1.82, 2.24) is 5.32 Å². The topological polar surface area (TPSA) is 66.4 Å². The molecule has 0 aliphatic heterocycles. The van der Waals surface area contributed by atoms with Crippen molar-refractivity contribution in [2.45, 2.75) is 33.1 Å². The fraction of sp³-hybridized carbons (Fsp3) is 0.412. The van der Waals surface area contributed by atoms with Crippen LogP contribution >= 0.6 is 0 Å². The number of allylic oxidation sites excluding steroid dienone is 1. The number of carboxylic acids is 1. The summed E-state index contributed by atoms with van der Waals surface area (Å²) in [6.07, 6.45) is 3.74. The molecule has 1 aliphatic carbocycles. The maximum atomic E-state index is 12.0. The average Bonchev–Trinajstić information content (AvgIpc) is 3.07. The van der Waals surface area contributed by atoms with Crippen LogP contribution in [0.1, 0.15) is 32.3 Å². The van der Waals surface area contributed by atoms with Gasteiger partial charge >= 0.3 is 5.97 Å². The third kappa shape index (κ3) is 4.18. The molecule has 112 valence electrons. The van der Waals surface area contributed by atoms with Gasteiger partial charge in [0.05, 0.1) is 0 Å². The molecule has 1 saturated carbocycles. The molecule has 0 aromatic heterocycles. The van der Waals surface area contributed by atoms with E-state index in [0.29, 0.717) is 6.42 Å². The molecule has 2 N–H and O–H groups in total. The van der Waals surface area contributed by atoms with Gasteiger partial charge in [0.2, 0.25) is 5.91 Å². The third-order valence-electron chi connectivity index (χ3n) is 3.94. The van der Waals surface area contributed by atoms with Crippen LogP contribution in [0.2, 0.25) is 0 Å². The van der Waals surface area contributed by atoms with Crippen LogP contribution in [0.15, 0.2) is 42.1 Å². The van der Waals surface area contributed by atoms with Gasteiger partial charge in [-0.3, -0.25) is 4.79 Å². The minimum atomic E-state index is -1.09. The highest BCUT2D eigenvalue weighted by molar-refractivity contribution is 5.94. The lowest BCUT2D eigenvalue weighted by Gasteiger charge is -2.07. The van der Waals surface area contributed by atoms with Gasteiger partial charge in [0, 0.05) is 5.92 Å². The maximum absolute atomic E-state index is 12.0. The second-order valence-corrected chi connectivity index (χ2v) is 6.18. The molecular weight excluding hydrogens is 266 g/mol. The largest absolute Gasteiger partial charge is 0.477 e. The number of carbonyl (C=O) groups is 2. The van der Waals surface area contributed by atoms with Crippen LogP contribution in [0, 0.1) is 11.3 Å². The van der Waals surface area contributed by atoms with Crippen LogP contribution in [0.25, 0.3) is 0 Å². The molecule has 0 spiro atoms. The Hall–Kier alpha value is -2.10. The highest BCUT2D eigenvalue weighted by Gasteiger charge is 2.50. The molecular formula is C17H21NO3. The number of rotatable bonds is 6. The first kappa shape index (κ1) is 15.3. The Morgan fingerprint density at radius 2 is 1.95 bits per heavy atom. The Morgan fingerprint density at radius 3 is 2.48 bits per heavy atom. The van der Waals surface area contributed by atoms with Gasteiger partial charge in [-0.05, 0) is 30.2 Å². The molecule has 1 aliphatic rings. The van der Waals surface area contributed by atoms with Crippen LogP contribution in [-0.4, -0.2) is 17.0 Å². The Morgan fingerprint density at radius 1 is 1.33 bits per heavy atom. The van der Waals surface area contributed by atoms with Gasteiger partial charge in [0.25, 0.3) is 0 Å². The second-order valence-electron chi connectivity index (χ2n) is 6.18. The van der Waals surface area contributed by atoms with Crippen molar-refractivity contribution in [3.63, 3.8) is 0 Å². The summed E-state index contributed by atoms with van der Waals surface area (Å²) in [5.41, 5.74) is 1.13. The van der Waals surface area contributed by atoms with Gasteiger partial charge in [-0.15, -0.1) is 0 Å². The molecule has 21 heavy (non-hydrogen) atoms. The van der Waals surface area contributed by atoms with E-state index in [-0.39, 0.29) is 22.9 Å². The number of carbonyl (C=O) groups excluding carboxylic acids is 1. The second kappa shape index (κ2) is 6.12. The lowest BCUT2D eigenvalue weighted by atomic mass is 10.1. The summed E-state index contributed by atoms with van der Waals surface area (Å²) in [4.78, 5) is 23.2.